The lowest BCUT2D eigenvalue weighted by Gasteiger charge is -2.15. The molecule has 1 unspecified atom stereocenters. The number of fused-ring (bicyclic) bond motifs is 1. The van der Waals surface area contributed by atoms with E-state index >= 15 is 0 Å². The van der Waals surface area contributed by atoms with Gasteiger partial charge in [0.15, 0.2) is 0 Å². The van der Waals surface area contributed by atoms with E-state index in [1.54, 1.807) is 0 Å². The Hall–Kier alpha value is -2.07. The topological polar surface area (TPSA) is 28.2 Å². The van der Waals surface area contributed by atoms with Crippen molar-refractivity contribution in [2.75, 3.05) is 24.3 Å². The van der Waals surface area contributed by atoms with Gasteiger partial charge < -0.3 is 10.2 Å². The molecule has 1 N–H and O–H groups in total. The third-order valence-electron chi connectivity index (χ3n) is 3.46. The maximum atomic E-state index is 4.43. The number of hydrogen-bond acceptors (Lipinski definition) is 4. The Balaban J connectivity index is 1.77. The molecule has 3 rings (SSSR count). The summed E-state index contributed by atoms with van der Waals surface area (Å²) < 4.78 is 1.34. The van der Waals surface area contributed by atoms with Gasteiger partial charge in [0, 0.05) is 23.7 Å². The molecule has 0 radical (unpaired) electrons. The van der Waals surface area contributed by atoms with Gasteiger partial charge in [0.25, 0.3) is 0 Å². The highest BCUT2D eigenvalue weighted by atomic mass is 32.1. The quantitative estimate of drug-likeness (QED) is 0.766. The molecular weight excluding hydrogens is 278 g/mol. The van der Waals surface area contributed by atoms with Gasteiger partial charge in [-0.25, -0.2) is 4.98 Å². The van der Waals surface area contributed by atoms with Gasteiger partial charge in [-0.05, 0) is 36.6 Å². The second kappa shape index (κ2) is 5.74. The van der Waals surface area contributed by atoms with Crippen molar-refractivity contribution in [2.24, 2.45) is 0 Å². The average molecular weight is 297 g/mol. The molecule has 0 fully saturated rings. The number of nitrogens with zero attached hydrogens (tertiary/aromatic N) is 2. The normalized spacial score (nSPS) is 12.3. The first-order valence-corrected chi connectivity index (χ1v) is 7.83. The molecule has 0 aliphatic rings. The van der Waals surface area contributed by atoms with Gasteiger partial charge in [-0.2, -0.15) is 0 Å². The molecule has 1 aromatic carbocycles. The molecule has 0 saturated carbocycles. The van der Waals surface area contributed by atoms with E-state index in [1.807, 2.05) is 42.6 Å². The molecule has 0 aliphatic carbocycles. The molecule has 0 spiro atoms. The number of thiophene rings is 1. The van der Waals surface area contributed by atoms with Gasteiger partial charge >= 0.3 is 0 Å². The van der Waals surface area contributed by atoms with Crippen LogP contribution in [0, 0.1) is 0 Å². The van der Waals surface area contributed by atoms with Crippen LogP contribution in [-0.2, 0) is 0 Å². The van der Waals surface area contributed by atoms with Crippen molar-refractivity contribution in [1.29, 1.82) is 0 Å². The lowest BCUT2D eigenvalue weighted by molar-refractivity contribution is 0.906. The summed E-state index contributed by atoms with van der Waals surface area (Å²) >= 11 is 1.84. The van der Waals surface area contributed by atoms with Crippen LogP contribution in [0.5, 0.6) is 0 Å². The first-order chi connectivity index (χ1) is 10.1. The zero-order chi connectivity index (χ0) is 14.8. The molecule has 4 heteroatoms. The SMILES string of the molecule is CC(Nc1ccc(N(C)C)nc1)c1cc2ccccc2s1. The summed E-state index contributed by atoms with van der Waals surface area (Å²) in [6.45, 7) is 2.19. The highest BCUT2D eigenvalue weighted by molar-refractivity contribution is 7.19. The zero-order valence-electron chi connectivity index (χ0n) is 12.5. The summed E-state index contributed by atoms with van der Waals surface area (Å²) in [4.78, 5) is 7.77. The van der Waals surface area contributed by atoms with Crippen LogP contribution < -0.4 is 10.2 Å². The zero-order valence-corrected chi connectivity index (χ0v) is 13.3. The molecule has 0 bridgehead atoms. The fourth-order valence-electron chi connectivity index (χ4n) is 2.27. The Labute approximate surface area is 129 Å². The summed E-state index contributed by atoms with van der Waals surface area (Å²) in [5, 5.41) is 4.83. The van der Waals surface area contributed by atoms with Crippen molar-refractivity contribution < 1.29 is 0 Å². The molecule has 3 aromatic rings. The van der Waals surface area contributed by atoms with Crippen molar-refractivity contribution in [3.05, 3.63) is 53.5 Å². The van der Waals surface area contributed by atoms with Crippen LogP contribution >= 0.6 is 11.3 Å². The Bertz CT molecular complexity index is 698. The van der Waals surface area contributed by atoms with E-state index in [9.17, 15) is 0 Å². The Morgan fingerprint density at radius 1 is 1.14 bits per heavy atom. The fourth-order valence-corrected chi connectivity index (χ4v) is 3.34. The van der Waals surface area contributed by atoms with Gasteiger partial charge in [-0.15, -0.1) is 11.3 Å². The van der Waals surface area contributed by atoms with Crippen LogP contribution in [-0.4, -0.2) is 19.1 Å². The second-order valence-corrected chi connectivity index (χ2v) is 6.47. The lowest BCUT2D eigenvalue weighted by Crippen LogP contribution is -2.11. The van der Waals surface area contributed by atoms with Crippen LogP contribution in [0.1, 0.15) is 17.8 Å². The van der Waals surface area contributed by atoms with Crippen molar-refractivity contribution in [3.8, 4) is 0 Å². The molecule has 21 heavy (non-hydrogen) atoms. The van der Waals surface area contributed by atoms with E-state index in [-0.39, 0.29) is 6.04 Å². The molecule has 2 aromatic heterocycles. The van der Waals surface area contributed by atoms with Gasteiger partial charge in [-0.1, -0.05) is 18.2 Å². The fraction of sp³-hybridized carbons (Fsp3) is 0.235. The molecule has 108 valence electrons. The number of hydrogen-bond donors (Lipinski definition) is 1. The largest absolute Gasteiger partial charge is 0.376 e. The smallest absolute Gasteiger partial charge is 0.128 e. The molecule has 1 atom stereocenters. The predicted octanol–water partition coefficient (Wildman–Crippen LogP) is 4.54. The van der Waals surface area contributed by atoms with E-state index in [0.29, 0.717) is 0 Å². The van der Waals surface area contributed by atoms with Crippen LogP contribution in [0.15, 0.2) is 48.7 Å². The maximum Gasteiger partial charge on any atom is 0.128 e. The molecule has 0 aliphatic heterocycles. The number of aromatic nitrogens is 1. The standard InChI is InChI=1S/C17H19N3S/c1-12(16-10-13-6-4-5-7-15(13)21-16)19-14-8-9-17(18-11-14)20(2)3/h4-12,19H,1-3H3. The van der Waals surface area contributed by atoms with Crippen molar-refractivity contribution >= 4 is 32.9 Å². The third-order valence-corrected chi connectivity index (χ3v) is 4.76. The van der Waals surface area contributed by atoms with E-state index in [4.69, 9.17) is 0 Å². The Morgan fingerprint density at radius 3 is 2.62 bits per heavy atom. The van der Waals surface area contributed by atoms with Gasteiger partial charge in [0.05, 0.1) is 17.9 Å². The maximum absolute atomic E-state index is 4.43. The highest BCUT2D eigenvalue weighted by Crippen LogP contribution is 2.31. The first kappa shape index (κ1) is 13.9. The summed E-state index contributed by atoms with van der Waals surface area (Å²) in [6.07, 6.45) is 1.89. The average Bonchev–Trinajstić information content (AvgIpc) is 2.92. The van der Waals surface area contributed by atoms with Gasteiger partial charge in [-0.3, -0.25) is 0 Å². The molecular formula is C17H19N3S. The highest BCUT2D eigenvalue weighted by Gasteiger charge is 2.09. The lowest BCUT2D eigenvalue weighted by atomic mass is 10.2. The van der Waals surface area contributed by atoms with Crippen molar-refractivity contribution in [1.82, 2.24) is 4.98 Å². The molecule has 2 heterocycles. The van der Waals surface area contributed by atoms with Crippen molar-refractivity contribution in [3.63, 3.8) is 0 Å². The molecule has 0 amide bonds. The summed E-state index contributed by atoms with van der Waals surface area (Å²) in [5.41, 5.74) is 1.05. The van der Waals surface area contributed by atoms with Gasteiger partial charge in [0.2, 0.25) is 0 Å². The number of rotatable bonds is 4. The summed E-state index contributed by atoms with van der Waals surface area (Å²) in [7, 11) is 3.99. The third kappa shape index (κ3) is 3.00. The van der Waals surface area contributed by atoms with Crippen LogP contribution in [0.4, 0.5) is 11.5 Å². The minimum Gasteiger partial charge on any atom is -0.376 e. The van der Waals surface area contributed by atoms with Crippen LogP contribution in [0.2, 0.25) is 0 Å². The minimum atomic E-state index is 0.273. The predicted molar refractivity (Wildman–Crippen MR) is 92.4 cm³/mol. The summed E-state index contributed by atoms with van der Waals surface area (Å²) in [6, 6.07) is 15.1. The first-order valence-electron chi connectivity index (χ1n) is 7.02. The Morgan fingerprint density at radius 2 is 1.95 bits per heavy atom. The van der Waals surface area contributed by atoms with E-state index < -0.39 is 0 Å². The Kier molecular flexibility index (Phi) is 3.80. The monoisotopic (exact) mass is 297 g/mol. The molecule has 0 saturated heterocycles. The number of pyridine rings is 1. The minimum absolute atomic E-state index is 0.273. The van der Waals surface area contributed by atoms with Crippen molar-refractivity contribution in [2.45, 2.75) is 13.0 Å². The second-order valence-electron chi connectivity index (χ2n) is 5.35. The molecule has 3 nitrogen and oxygen atoms in total. The van der Waals surface area contributed by atoms with Gasteiger partial charge in [0.1, 0.15) is 5.82 Å². The summed E-state index contributed by atoms with van der Waals surface area (Å²) in [5.74, 6) is 0.968. The number of nitrogens with one attached hydrogen (secondary N) is 1. The van der Waals surface area contributed by atoms with E-state index in [1.165, 1.54) is 15.0 Å². The van der Waals surface area contributed by atoms with Crippen LogP contribution in [0.25, 0.3) is 10.1 Å². The number of anilines is 2. The number of benzene rings is 1. The van der Waals surface area contributed by atoms with E-state index in [2.05, 4.69) is 53.6 Å². The van der Waals surface area contributed by atoms with Crippen LogP contribution in [0.3, 0.4) is 0 Å². The van der Waals surface area contributed by atoms with E-state index in [0.717, 1.165) is 11.5 Å².